The molecular weight excluding hydrogens is 200 g/mol. The molecule has 1 unspecified atom stereocenters. The second-order valence-electron chi connectivity index (χ2n) is 2.63. The lowest BCUT2D eigenvalue weighted by Gasteiger charge is -2.23. The summed E-state index contributed by atoms with van der Waals surface area (Å²) in [5.41, 5.74) is 5.50. The first kappa shape index (κ1) is 9.73. The van der Waals surface area contributed by atoms with Gasteiger partial charge in [0.05, 0.1) is 0 Å². The van der Waals surface area contributed by atoms with Crippen molar-refractivity contribution in [1.82, 2.24) is 0 Å². The Kier molecular flexibility index (Phi) is 2.31. The zero-order valence-corrected chi connectivity index (χ0v) is 7.77. The molecule has 1 aliphatic carbocycles. The van der Waals surface area contributed by atoms with Gasteiger partial charge in [-0.1, -0.05) is 17.7 Å². The van der Waals surface area contributed by atoms with Gasteiger partial charge in [0.25, 0.3) is 0 Å². The lowest BCUT2D eigenvalue weighted by Crippen LogP contribution is -2.50. The quantitative estimate of drug-likeness (QED) is 0.637. The highest BCUT2D eigenvalue weighted by atomic mass is 35.5. The molecule has 1 aliphatic rings. The zero-order valence-electron chi connectivity index (χ0n) is 6.20. The van der Waals surface area contributed by atoms with E-state index in [0.29, 0.717) is 5.03 Å². The molecule has 0 aromatic carbocycles. The summed E-state index contributed by atoms with van der Waals surface area (Å²) >= 11 is 5.58. The first-order valence-corrected chi connectivity index (χ1v) is 5.14. The van der Waals surface area contributed by atoms with Gasteiger partial charge < -0.3 is 5.73 Å². The molecule has 6 heteroatoms. The van der Waals surface area contributed by atoms with E-state index in [1.807, 2.05) is 0 Å². The highest BCUT2D eigenvalue weighted by Crippen LogP contribution is 2.23. The van der Waals surface area contributed by atoms with Crippen molar-refractivity contribution in [3.8, 4) is 0 Å². The summed E-state index contributed by atoms with van der Waals surface area (Å²) in [6.07, 6.45) is 4.35. The lowest BCUT2D eigenvalue weighted by molar-refractivity contribution is 0.557. The fourth-order valence-corrected chi connectivity index (χ4v) is 1.54. The summed E-state index contributed by atoms with van der Waals surface area (Å²) in [6, 6.07) is 0. The summed E-state index contributed by atoms with van der Waals surface area (Å²) < 4.78 is 21.9. The van der Waals surface area contributed by atoms with Gasteiger partial charge in [-0.25, -0.2) is 13.6 Å². The first-order chi connectivity index (χ1) is 5.35. The van der Waals surface area contributed by atoms with Gasteiger partial charge in [0, 0.05) is 11.5 Å². The number of halogens is 1. The third kappa shape index (κ3) is 1.69. The van der Waals surface area contributed by atoms with Crippen LogP contribution in [0, 0.1) is 0 Å². The molecule has 68 valence electrons. The van der Waals surface area contributed by atoms with E-state index in [-0.39, 0.29) is 6.42 Å². The number of hydrogen-bond acceptors (Lipinski definition) is 3. The van der Waals surface area contributed by atoms with Crippen LogP contribution in [0.1, 0.15) is 6.42 Å². The number of nitrogens with two attached hydrogens (primary N) is 2. The van der Waals surface area contributed by atoms with E-state index in [0.717, 1.165) is 0 Å². The Balaban J connectivity index is 3.02. The summed E-state index contributed by atoms with van der Waals surface area (Å²) in [5.74, 6) is 0. The topological polar surface area (TPSA) is 86.2 Å². The van der Waals surface area contributed by atoms with E-state index in [1.54, 1.807) is 0 Å². The predicted molar refractivity (Wildman–Crippen MR) is 47.7 cm³/mol. The van der Waals surface area contributed by atoms with Gasteiger partial charge >= 0.3 is 0 Å². The molecule has 0 spiro atoms. The molecule has 0 aromatic rings. The molecular formula is C6H9ClN2O2S. The smallest absolute Gasteiger partial charge is 0.231 e. The van der Waals surface area contributed by atoms with Crippen LogP contribution >= 0.6 is 11.6 Å². The van der Waals surface area contributed by atoms with Crippen LogP contribution in [-0.2, 0) is 10.0 Å². The third-order valence-electron chi connectivity index (χ3n) is 1.67. The third-order valence-corrected chi connectivity index (χ3v) is 3.31. The number of primary sulfonamides is 1. The van der Waals surface area contributed by atoms with E-state index in [9.17, 15) is 8.42 Å². The molecule has 0 aromatic heterocycles. The van der Waals surface area contributed by atoms with Gasteiger partial charge in [0.1, 0.15) is 0 Å². The van der Waals surface area contributed by atoms with Crippen LogP contribution in [0.25, 0.3) is 0 Å². The van der Waals surface area contributed by atoms with Crippen molar-refractivity contribution in [2.75, 3.05) is 0 Å². The number of rotatable bonds is 1. The maximum Gasteiger partial charge on any atom is 0.231 e. The van der Waals surface area contributed by atoms with Crippen LogP contribution in [0.2, 0.25) is 0 Å². The summed E-state index contributed by atoms with van der Waals surface area (Å²) in [7, 11) is -3.76. The SMILES string of the molecule is NC1(S(N)(=O)=O)C=CC(Cl)=CC1. The first-order valence-electron chi connectivity index (χ1n) is 3.21. The van der Waals surface area contributed by atoms with E-state index in [4.69, 9.17) is 22.5 Å². The van der Waals surface area contributed by atoms with Crippen molar-refractivity contribution in [3.05, 3.63) is 23.3 Å². The Morgan fingerprint density at radius 1 is 1.58 bits per heavy atom. The van der Waals surface area contributed by atoms with E-state index in [1.165, 1.54) is 18.2 Å². The van der Waals surface area contributed by atoms with Gasteiger partial charge in [-0.15, -0.1) is 0 Å². The second kappa shape index (κ2) is 2.85. The Labute approximate surface area is 75.9 Å². The Hall–Kier alpha value is -0.360. The van der Waals surface area contributed by atoms with Crippen LogP contribution < -0.4 is 10.9 Å². The van der Waals surface area contributed by atoms with Crippen LogP contribution in [0.4, 0.5) is 0 Å². The maximum absolute atomic E-state index is 10.9. The number of hydrogen-bond donors (Lipinski definition) is 2. The predicted octanol–water partition coefficient (Wildman–Crippen LogP) is 0.0125. The zero-order chi connectivity index (χ0) is 9.41. The van der Waals surface area contributed by atoms with Crippen LogP contribution in [0.15, 0.2) is 23.3 Å². The number of sulfonamides is 1. The summed E-state index contributed by atoms with van der Waals surface area (Å²) in [4.78, 5) is -1.49. The highest BCUT2D eigenvalue weighted by Gasteiger charge is 2.34. The largest absolute Gasteiger partial charge is 0.308 e. The van der Waals surface area contributed by atoms with Gasteiger partial charge in [0.15, 0.2) is 4.87 Å². The van der Waals surface area contributed by atoms with Gasteiger partial charge in [-0.2, -0.15) is 0 Å². The number of allylic oxidation sites excluding steroid dienone is 2. The average Bonchev–Trinajstić information content (AvgIpc) is 1.93. The molecule has 1 atom stereocenters. The van der Waals surface area contributed by atoms with E-state index >= 15 is 0 Å². The standard InChI is InChI=1S/C6H9ClN2O2S/c7-5-1-3-6(8,4-2-5)12(9,10)11/h1-3H,4,8H2,(H2,9,10,11). The minimum absolute atomic E-state index is 0.112. The molecule has 4 N–H and O–H groups in total. The molecule has 0 amide bonds. The van der Waals surface area contributed by atoms with E-state index < -0.39 is 14.9 Å². The summed E-state index contributed by atoms with van der Waals surface area (Å²) in [5, 5.41) is 5.39. The maximum atomic E-state index is 10.9. The molecule has 0 saturated heterocycles. The molecule has 0 aliphatic heterocycles. The van der Waals surface area contributed by atoms with Gasteiger partial charge in [-0.3, -0.25) is 0 Å². The Morgan fingerprint density at radius 2 is 2.17 bits per heavy atom. The van der Waals surface area contributed by atoms with Crippen LogP contribution in [0.5, 0.6) is 0 Å². The molecule has 1 rings (SSSR count). The Bertz CT molecular complexity index is 347. The lowest BCUT2D eigenvalue weighted by atomic mass is 10.1. The molecule has 0 bridgehead atoms. The molecule has 0 fully saturated rings. The summed E-state index contributed by atoms with van der Waals surface area (Å²) in [6.45, 7) is 0. The second-order valence-corrected chi connectivity index (χ2v) is 4.91. The molecule has 4 nitrogen and oxygen atoms in total. The fourth-order valence-electron chi connectivity index (χ4n) is 0.825. The van der Waals surface area contributed by atoms with Crippen molar-refractivity contribution in [3.63, 3.8) is 0 Å². The average molecular weight is 209 g/mol. The normalized spacial score (nSPS) is 30.1. The van der Waals surface area contributed by atoms with Gasteiger partial charge in [0.2, 0.25) is 10.0 Å². The Morgan fingerprint density at radius 3 is 2.50 bits per heavy atom. The molecule has 0 saturated carbocycles. The molecule has 0 heterocycles. The minimum Gasteiger partial charge on any atom is -0.308 e. The van der Waals surface area contributed by atoms with Crippen molar-refractivity contribution in [1.29, 1.82) is 0 Å². The molecule has 0 radical (unpaired) electrons. The van der Waals surface area contributed by atoms with Crippen molar-refractivity contribution in [2.45, 2.75) is 11.3 Å². The van der Waals surface area contributed by atoms with Crippen LogP contribution in [-0.4, -0.2) is 13.3 Å². The monoisotopic (exact) mass is 208 g/mol. The fraction of sp³-hybridized carbons (Fsp3) is 0.333. The highest BCUT2D eigenvalue weighted by molar-refractivity contribution is 7.90. The van der Waals surface area contributed by atoms with Gasteiger partial charge in [-0.05, 0) is 12.2 Å². The van der Waals surface area contributed by atoms with Crippen molar-refractivity contribution in [2.24, 2.45) is 10.9 Å². The van der Waals surface area contributed by atoms with Crippen molar-refractivity contribution < 1.29 is 8.42 Å². The van der Waals surface area contributed by atoms with Crippen molar-refractivity contribution >= 4 is 21.6 Å². The molecule has 12 heavy (non-hydrogen) atoms. The van der Waals surface area contributed by atoms with Crippen LogP contribution in [0.3, 0.4) is 0 Å². The minimum atomic E-state index is -3.76. The van der Waals surface area contributed by atoms with E-state index in [2.05, 4.69) is 0 Å².